The fourth-order valence-electron chi connectivity index (χ4n) is 1.89. The van der Waals surface area contributed by atoms with Gasteiger partial charge in [-0.25, -0.2) is 4.98 Å². The smallest absolute Gasteiger partial charge is 0.123 e. The van der Waals surface area contributed by atoms with Gasteiger partial charge in [-0.1, -0.05) is 31.2 Å². The van der Waals surface area contributed by atoms with Crippen molar-refractivity contribution >= 4 is 11.3 Å². The molecule has 0 bridgehead atoms. The molecule has 0 saturated heterocycles. The molecular weight excluding hydrogens is 240 g/mol. The molecule has 0 spiro atoms. The van der Waals surface area contributed by atoms with Gasteiger partial charge in [0.05, 0.1) is 5.69 Å². The molecule has 2 rings (SSSR count). The summed E-state index contributed by atoms with van der Waals surface area (Å²) in [5, 5.41) is 6.75. The van der Waals surface area contributed by atoms with Crippen molar-refractivity contribution in [1.29, 1.82) is 0 Å². The molecule has 1 N–H and O–H groups in total. The van der Waals surface area contributed by atoms with Gasteiger partial charge in [-0.15, -0.1) is 11.3 Å². The molecule has 96 valence electrons. The molecule has 18 heavy (non-hydrogen) atoms. The Kier molecular flexibility index (Phi) is 4.50. The molecule has 1 unspecified atom stereocenters. The van der Waals surface area contributed by atoms with Crippen LogP contribution >= 0.6 is 11.3 Å². The van der Waals surface area contributed by atoms with Gasteiger partial charge in [0.1, 0.15) is 5.01 Å². The van der Waals surface area contributed by atoms with Crippen molar-refractivity contribution in [3.05, 3.63) is 40.9 Å². The third kappa shape index (κ3) is 2.98. The quantitative estimate of drug-likeness (QED) is 0.872. The van der Waals surface area contributed by atoms with Crippen molar-refractivity contribution in [2.45, 2.75) is 33.2 Å². The van der Waals surface area contributed by atoms with E-state index in [1.807, 2.05) is 0 Å². The molecule has 2 aromatic rings. The summed E-state index contributed by atoms with van der Waals surface area (Å²) < 4.78 is 0. The van der Waals surface area contributed by atoms with Crippen molar-refractivity contribution in [2.24, 2.45) is 0 Å². The summed E-state index contributed by atoms with van der Waals surface area (Å²) in [6.45, 7) is 7.53. The van der Waals surface area contributed by atoms with Crippen LogP contribution in [0.1, 0.15) is 37.6 Å². The van der Waals surface area contributed by atoms with Crippen LogP contribution in [0, 0.1) is 6.92 Å². The summed E-state index contributed by atoms with van der Waals surface area (Å²) >= 11 is 1.73. The highest BCUT2D eigenvalue weighted by molar-refractivity contribution is 7.13. The Morgan fingerprint density at radius 3 is 2.83 bits per heavy atom. The van der Waals surface area contributed by atoms with Gasteiger partial charge in [0.25, 0.3) is 0 Å². The first-order valence-electron chi connectivity index (χ1n) is 6.47. The van der Waals surface area contributed by atoms with E-state index in [1.54, 1.807) is 11.3 Å². The van der Waals surface area contributed by atoms with E-state index in [2.05, 4.69) is 55.7 Å². The first kappa shape index (κ1) is 13.2. The van der Waals surface area contributed by atoms with Crippen molar-refractivity contribution < 1.29 is 0 Å². The third-order valence-corrected chi connectivity index (χ3v) is 3.94. The summed E-state index contributed by atoms with van der Waals surface area (Å²) in [6.07, 6.45) is 1.15. The number of thiazole rings is 1. The fraction of sp³-hybridized carbons (Fsp3) is 0.400. The molecule has 1 aromatic carbocycles. The lowest BCUT2D eigenvalue weighted by molar-refractivity contribution is 0.561. The fourth-order valence-corrected chi connectivity index (χ4v) is 2.89. The van der Waals surface area contributed by atoms with Crippen molar-refractivity contribution in [3.63, 3.8) is 0 Å². The molecule has 1 heterocycles. The van der Waals surface area contributed by atoms with E-state index < -0.39 is 0 Å². The molecule has 0 amide bonds. The Morgan fingerprint density at radius 2 is 2.11 bits per heavy atom. The maximum Gasteiger partial charge on any atom is 0.123 e. The molecule has 3 heteroatoms. The maximum atomic E-state index is 4.75. The van der Waals surface area contributed by atoms with Gasteiger partial charge in [0, 0.05) is 17.0 Å². The molecule has 2 nitrogen and oxygen atoms in total. The van der Waals surface area contributed by atoms with Crippen LogP contribution in [0.3, 0.4) is 0 Å². The van der Waals surface area contributed by atoms with Crippen LogP contribution in [0.2, 0.25) is 0 Å². The normalized spacial score (nSPS) is 12.6. The minimum Gasteiger partial charge on any atom is -0.309 e. The maximum absolute atomic E-state index is 4.75. The van der Waals surface area contributed by atoms with Crippen molar-refractivity contribution in [1.82, 2.24) is 10.3 Å². The summed E-state index contributed by atoms with van der Waals surface area (Å²) in [4.78, 5) is 4.75. The van der Waals surface area contributed by atoms with Crippen molar-refractivity contribution in [2.75, 3.05) is 6.54 Å². The largest absolute Gasteiger partial charge is 0.309 e. The lowest BCUT2D eigenvalue weighted by Crippen LogP contribution is -2.19. The van der Waals surface area contributed by atoms with Gasteiger partial charge in [0.15, 0.2) is 0 Å². The van der Waals surface area contributed by atoms with Crippen LogP contribution in [0.5, 0.6) is 0 Å². The van der Waals surface area contributed by atoms with E-state index in [1.165, 1.54) is 11.1 Å². The van der Waals surface area contributed by atoms with Gasteiger partial charge in [-0.05, 0) is 32.4 Å². The highest BCUT2D eigenvalue weighted by Crippen LogP contribution is 2.28. The molecule has 0 aliphatic heterocycles. The van der Waals surface area contributed by atoms with E-state index in [4.69, 9.17) is 4.98 Å². The summed E-state index contributed by atoms with van der Waals surface area (Å²) in [6, 6.07) is 8.75. The van der Waals surface area contributed by atoms with Crippen LogP contribution in [-0.4, -0.2) is 11.5 Å². The number of hydrogen-bond acceptors (Lipinski definition) is 3. The lowest BCUT2D eigenvalue weighted by atomic mass is 10.1. The molecule has 1 atom stereocenters. The SMILES string of the molecule is CCCNC(C)c1csc(-c2ccccc2C)n1. The minimum absolute atomic E-state index is 0.332. The zero-order valence-corrected chi connectivity index (χ0v) is 12.1. The summed E-state index contributed by atoms with van der Waals surface area (Å²) in [5.74, 6) is 0. The van der Waals surface area contributed by atoms with E-state index in [0.29, 0.717) is 6.04 Å². The number of benzene rings is 1. The van der Waals surface area contributed by atoms with Gasteiger partial charge < -0.3 is 5.32 Å². The van der Waals surface area contributed by atoms with Crippen LogP contribution in [0.25, 0.3) is 10.6 Å². The second kappa shape index (κ2) is 6.12. The summed E-state index contributed by atoms with van der Waals surface area (Å²) in [7, 11) is 0. The van der Waals surface area contributed by atoms with E-state index >= 15 is 0 Å². The van der Waals surface area contributed by atoms with Crippen LogP contribution in [0.4, 0.5) is 0 Å². The predicted octanol–water partition coefficient (Wildman–Crippen LogP) is 4.18. The third-order valence-electron chi connectivity index (χ3n) is 3.04. The second-order valence-corrected chi connectivity index (χ2v) is 5.43. The molecule has 0 aliphatic carbocycles. The van der Waals surface area contributed by atoms with E-state index in [-0.39, 0.29) is 0 Å². The van der Waals surface area contributed by atoms with E-state index in [9.17, 15) is 0 Å². The topological polar surface area (TPSA) is 24.9 Å². The Hall–Kier alpha value is -1.19. The highest BCUT2D eigenvalue weighted by atomic mass is 32.1. The number of aromatic nitrogens is 1. The molecule has 0 fully saturated rings. The number of nitrogens with zero attached hydrogens (tertiary/aromatic N) is 1. The Bertz CT molecular complexity index is 505. The number of rotatable bonds is 5. The predicted molar refractivity (Wildman–Crippen MR) is 79.0 cm³/mol. The van der Waals surface area contributed by atoms with Gasteiger partial charge in [-0.3, -0.25) is 0 Å². The number of nitrogens with one attached hydrogen (secondary N) is 1. The van der Waals surface area contributed by atoms with E-state index in [0.717, 1.165) is 23.7 Å². The zero-order chi connectivity index (χ0) is 13.0. The zero-order valence-electron chi connectivity index (χ0n) is 11.2. The van der Waals surface area contributed by atoms with Gasteiger partial charge >= 0.3 is 0 Å². The lowest BCUT2D eigenvalue weighted by Gasteiger charge is -2.09. The molecule has 0 saturated carbocycles. The van der Waals surface area contributed by atoms with Gasteiger partial charge in [-0.2, -0.15) is 0 Å². The molecule has 0 aliphatic rings. The first-order chi connectivity index (χ1) is 8.72. The molecule has 1 aromatic heterocycles. The highest BCUT2D eigenvalue weighted by Gasteiger charge is 2.11. The second-order valence-electron chi connectivity index (χ2n) is 4.57. The van der Waals surface area contributed by atoms with Crippen molar-refractivity contribution in [3.8, 4) is 10.6 Å². The Morgan fingerprint density at radius 1 is 1.33 bits per heavy atom. The number of hydrogen-bond donors (Lipinski definition) is 1. The van der Waals surface area contributed by atoms with Crippen LogP contribution < -0.4 is 5.32 Å². The van der Waals surface area contributed by atoms with Crippen LogP contribution in [-0.2, 0) is 0 Å². The number of aryl methyl sites for hydroxylation is 1. The average molecular weight is 260 g/mol. The summed E-state index contributed by atoms with van der Waals surface area (Å²) in [5.41, 5.74) is 3.68. The van der Waals surface area contributed by atoms with Gasteiger partial charge in [0.2, 0.25) is 0 Å². The average Bonchev–Trinajstić information content (AvgIpc) is 2.86. The van der Waals surface area contributed by atoms with Crippen LogP contribution in [0.15, 0.2) is 29.6 Å². The monoisotopic (exact) mass is 260 g/mol. The first-order valence-corrected chi connectivity index (χ1v) is 7.35. The standard InChI is InChI=1S/C15H20N2S/c1-4-9-16-12(3)14-10-18-15(17-14)13-8-6-5-7-11(13)2/h5-8,10,12,16H,4,9H2,1-3H3. The molecular formula is C15H20N2S. The Balaban J connectivity index is 2.18. The molecule has 0 radical (unpaired) electrons. The Labute approximate surface area is 113 Å². The minimum atomic E-state index is 0.332.